The average molecular weight is 222 g/mol. The molecule has 1 heterocycles. The largest absolute Gasteiger partial charge is 0.244 e. The number of rotatable bonds is 2. The minimum absolute atomic E-state index is 0.533. The quantitative estimate of drug-likeness (QED) is 0.714. The van der Waals surface area contributed by atoms with Crippen LogP contribution in [0.5, 0.6) is 0 Å². The van der Waals surface area contributed by atoms with Crippen molar-refractivity contribution in [3.05, 3.63) is 53.8 Å². The molecule has 0 aliphatic carbocycles. The predicted molar refractivity (Wildman–Crippen MR) is 59.8 cm³/mol. The highest BCUT2D eigenvalue weighted by Gasteiger charge is 1.97. The summed E-state index contributed by atoms with van der Waals surface area (Å²) >= 11 is 7.46. The molecule has 3 heteroatoms. The summed E-state index contributed by atoms with van der Waals surface area (Å²) in [5.74, 6) is 0. The van der Waals surface area contributed by atoms with E-state index in [0.29, 0.717) is 5.15 Å². The number of aromatic nitrogens is 1. The minimum atomic E-state index is 0.533. The second-order valence-corrected chi connectivity index (χ2v) is 4.26. The van der Waals surface area contributed by atoms with Crippen LogP contribution in [-0.2, 0) is 0 Å². The third-order valence-electron chi connectivity index (χ3n) is 1.68. The zero-order chi connectivity index (χ0) is 9.80. The Kier molecular flexibility index (Phi) is 3.07. The highest BCUT2D eigenvalue weighted by Crippen LogP contribution is 2.27. The summed E-state index contributed by atoms with van der Waals surface area (Å²) in [6, 6.07) is 14.0. The zero-order valence-electron chi connectivity index (χ0n) is 7.35. The van der Waals surface area contributed by atoms with Gasteiger partial charge in [0.2, 0.25) is 0 Å². The topological polar surface area (TPSA) is 12.9 Å². The monoisotopic (exact) mass is 221 g/mol. The van der Waals surface area contributed by atoms with E-state index in [1.807, 2.05) is 30.3 Å². The third kappa shape index (κ3) is 2.50. The summed E-state index contributed by atoms with van der Waals surface area (Å²) < 4.78 is 0. The number of nitrogens with zero attached hydrogens (tertiary/aromatic N) is 1. The van der Waals surface area contributed by atoms with Gasteiger partial charge in [0.1, 0.15) is 5.15 Å². The van der Waals surface area contributed by atoms with E-state index in [2.05, 4.69) is 17.1 Å². The molecule has 1 aromatic carbocycles. The standard InChI is InChI=1S/C11H8ClNS/c12-11-8-10(6-7-13-11)14-9-4-2-1-3-5-9/h1-8H. The molecule has 2 aromatic rings. The Morgan fingerprint density at radius 2 is 1.79 bits per heavy atom. The van der Waals surface area contributed by atoms with Crippen LogP contribution in [0.1, 0.15) is 0 Å². The zero-order valence-corrected chi connectivity index (χ0v) is 8.92. The second-order valence-electron chi connectivity index (χ2n) is 2.73. The van der Waals surface area contributed by atoms with Crippen molar-refractivity contribution in [1.82, 2.24) is 4.98 Å². The van der Waals surface area contributed by atoms with Gasteiger partial charge in [0.25, 0.3) is 0 Å². The molecule has 0 unspecified atom stereocenters. The van der Waals surface area contributed by atoms with E-state index in [1.54, 1.807) is 18.0 Å². The van der Waals surface area contributed by atoms with Crippen molar-refractivity contribution in [2.75, 3.05) is 0 Å². The number of pyridine rings is 1. The van der Waals surface area contributed by atoms with Gasteiger partial charge in [0.15, 0.2) is 0 Å². The Balaban J connectivity index is 2.19. The number of halogens is 1. The molecule has 0 atom stereocenters. The minimum Gasteiger partial charge on any atom is -0.244 e. The Bertz CT molecular complexity index is 417. The van der Waals surface area contributed by atoms with Crippen LogP contribution in [0.25, 0.3) is 0 Å². The molecule has 1 aromatic heterocycles. The predicted octanol–water partition coefficient (Wildman–Crippen LogP) is 3.89. The van der Waals surface area contributed by atoms with Gasteiger partial charge in [0.05, 0.1) is 0 Å². The third-order valence-corrected chi connectivity index (χ3v) is 2.88. The van der Waals surface area contributed by atoms with Crippen molar-refractivity contribution in [2.45, 2.75) is 9.79 Å². The van der Waals surface area contributed by atoms with Crippen molar-refractivity contribution in [1.29, 1.82) is 0 Å². The van der Waals surface area contributed by atoms with Gasteiger partial charge in [-0.15, -0.1) is 0 Å². The molecular formula is C11H8ClNS. The summed E-state index contributed by atoms with van der Waals surface area (Å²) in [5.41, 5.74) is 0. The highest BCUT2D eigenvalue weighted by molar-refractivity contribution is 7.99. The fourth-order valence-electron chi connectivity index (χ4n) is 1.07. The van der Waals surface area contributed by atoms with Crippen LogP contribution in [0.4, 0.5) is 0 Å². The normalized spacial score (nSPS) is 10.1. The van der Waals surface area contributed by atoms with Gasteiger partial charge < -0.3 is 0 Å². The highest BCUT2D eigenvalue weighted by atomic mass is 35.5. The molecule has 0 amide bonds. The maximum absolute atomic E-state index is 5.79. The molecule has 0 fully saturated rings. The van der Waals surface area contributed by atoms with Crippen molar-refractivity contribution >= 4 is 23.4 Å². The Labute approximate surface area is 92.1 Å². The van der Waals surface area contributed by atoms with E-state index < -0.39 is 0 Å². The first-order chi connectivity index (χ1) is 6.84. The number of hydrogen-bond acceptors (Lipinski definition) is 2. The molecular weight excluding hydrogens is 214 g/mol. The summed E-state index contributed by atoms with van der Waals surface area (Å²) in [6.45, 7) is 0. The fourth-order valence-corrected chi connectivity index (χ4v) is 2.18. The van der Waals surface area contributed by atoms with E-state index in [1.165, 1.54) is 4.90 Å². The van der Waals surface area contributed by atoms with Gasteiger partial charge in [-0.05, 0) is 24.3 Å². The van der Waals surface area contributed by atoms with Gasteiger partial charge in [0, 0.05) is 16.0 Å². The van der Waals surface area contributed by atoms with Gasteiger partial charge >= 0.3 is 0 Å². The van der Waals surface area contributed by atoms with Crippen LogP contribution >= 0.6 is 23.4 Å². The Morgan fingerprint density at radius 3 is 2.50 bits per heavy atom. The number of hydrogen-bond donors (Lipinski definition) is 0. The van der Waals surface area contributed by atoms with Crippen molar-refractivity contribution in [3.63, 3.8) is 0 Å². The molecule has 70 valence electrons. The van der Waals surface area contributed by atoms with Crippen LogP contribution < -0.4 is 0 Å². The van der Waals surface area contributed by atoms with E-state index in [4.69, 9.17) is 11.6 Å². The lowest BCUT2D eigenvalue weighted by Gasteiger charge is -2.00. The smallest absolute Gasteiger partial charge is 0.130 e. The van der Waals surface area contributed by atoms with Crippen LogP contribution in [0.2, 0.25) is 5.15 Å². The van der Waals surface area contributed by atoms with Gasteiger partial charge in [-0.2, -0.15) is 0 Å². The number of benzene rings is 1. The lowest BCUT2D eigenvalue weighted by atomic mass is 10.4. The molecule has 0 radical (unpaired) electrons. The summed E-state index contributed by atoms with van der Waals surface area (Å²) in [4.78, 5) is 6.24. The SMILES string of the molecule is Clc1cc(Sc2ccccc2)ccn1. The van der Waals surface area contributed by atoms with Crippen LogP contribution in [0, 0.1) is 0 Å². The summed E-state index contributed by atoms with van der Waals surface area (Å²) in [6.07, 6.45) is 1.72. The molecule has 0 aliphatic rings. The molecule has 0 spiro atoms. The van der Waals surface area contributed by atoms with Crippen molar-refractivity contribution < 1.29 is 0 Å². The second kappa shape index (κ2) is 4.49. The average Bonchev–Trinajstić information content (AvgIpc) is 2.19. The molecule has 0 N–H and O–H groups in total. The van der Waals surface area contributed by atoms with E-state index in [9.17, 15) is 0 Å². The van der Waals surface area contributed by atoms with Crippen LogP contribution in [-0.4, -0.2) is 4.98 Å². The van der Waals surface area contributed by atoms with E-state index in [-0.39, 0.29) is 0 Å². The Hall–Kier alpha value is -0.990. The summed E-state index contributed by atoms with van der Waals surface area (Å²) in [7, 11) is 0. The van der Waals surface area contributed by atoms with Gasteiger partial charge in [-0.3, -0.25) is 0 Å². The van der Waals surface area contributed by atoms with Gasteiger partial charge in [-0.25, -0.2) is 4.98 Å². The first-order valence-corrected chi connectivity index (χ1v) is 5.38. The fraction of sp³-hybridized carbons (Fsp3) is 0. The van der Waals surface area contributed by atoms with E-state index in [0.717, 1.165) is 4.90 Å². The maximum atomic E-state index is 5.79. The van der Waals surface area contributed by atoms with Crippen molar-refractivity contribution in [2.24, 2.45) is 0 Å². The molecule has 0 bridgehead atoms. The van der Waals surface area contributed by atoms with Crippen LogP contribution in [0.3, 0.4) is 0 Å². The first kappa shape index (κ1) is 9.56. The lowest BCUT2D eigenvalue weighted by Crippen LogP contribution is -1.76. The van der Waals surface area contributed by atoms with Crippen LogP contribution in [0.15, 0.2) is 58.5 Å². The van der Waals surface area contributed by atoms with Gasteiger partial charge in [-0.1, -0.05) is 41.6 Å². The first-order valence-electron chi connectivity index (χ1n) is 4.19. The molecule has 2 rings (SSSR count). The maximum Gasteiger partial charge on any atom is 0.130 e. The molecule has 0 saturated carbocycles. The molecule has 1 nitrogen and oxygen atoms in total. The molecule has 0 saturated heterocycles. The van der Waals surface area contributed by atoms with E-state index >= 15 is 0 Å². The Morgan fingerprint density at radius 1 is 1.00 bits per heavy atom. The van der Waals surface area contributed by atoms with Crippen molar-refractivity contribution in [3.8, 4) is 0 Å². The lowest BCUT2D eigenvalue weighted by molar-refractivity contribution is 1.26. The molecule has 14 heavy (non-hydrogen) atoms. The molecule has 0 aliphatic heterocycles. The summed E-state index contributed by atoms with van der Waals surface area (Å²) in [5, 5.41) is 0.533.